The summed E-state index contributed by atoms with van der Waals surface area (Å²) in [5.41, 5.74) is 0.150. The molecule has 0 radical (unpaired) electrons. The molecule has 4 nitrogen and oxygen atoms in total. The first-order chi connectivity index (χ1) is 17.8. The largest absolute Gasteiger partial charge is 0.480 e. The Hall–Kier alpha value is -3.40. The van der Waals surface area contributed by atoms with Gasteiger partial charge in [-0.3, -0.25) is 10.1 Å². The molecular formula is C27H15BrClF3N2O2S. The van der Waals surface area contributed by atoms with Crippen molar-refractivity contribution in [3.05, 3.63) is 122 Å². The summed E-state index contributed by atoms with van der Waals surface area (Å²) in [7, 11) is 0. The number of fused-ring (bicyclic) bond motifs is 1. The number of anilines is 1. The van der Waals surface area contributed by atoms with Crippen molar-refractivity contribution < 1.29 is 22.7 Å². The number of nitrogens with one attached hydrogen (secondary N) is 1. The fraction of sp³-hybridized carbons (Fsp3) is 0.0370. The van der Waals surface area contributed by atoms with Gasteiger partial charge in [0.25, 0.3) is 5.91 Å². The molecule has 1 N–H and O–H groups in total. The quantitative estimate of drug-likeness (QED) is 0.198. The van der Waals surface area contributed by atoms with E-state index in [1.807, 2.05) is 48.5 Å². The van der Waals surface area contributed by atoms with E-state index < -0.39 is 35.0 Å². The van der Waals surface area contributed by atoms with Crippen LogP contribution in [-0.2, 0) is 0 Å². The number of nitrogens with zero attached hydrogens (tertiary/aromatic N) is 1. The van der Waals surface area contributed by atoms with E-state index in [1.165, 1.54) is 6.20 Å². The van der Waals surface area contributed by atoms with Crippen LogP contribution in [0, 0.1) is 17.5 Å². The molecule has 1 aromatic heterocycles. The molecule has 0 saturated carbocycles. The van der Waals surface area contributed by atoms with Gasteiger partial charge in [-0.1, -0.05) is 63.1 Å². The van der Waals surface area contributed by atoms with Crippen molar-refractivity contribution in [3.8, 4) is 5.75 Å². The highest BCUT2D eigenvalue weighted by Gasteiger charge is 2.22. The van der Waals surface area contributed by atoms with Crippen LogP contribution in [0.3, 0.4) is 0 Å². The minimum absolute atomic E-state index is 0.134. The third-order valence-corrected chi connectivity index (χ3v) is 7.16. The second-order valence-electron chi connectivity index (χ2n) is 7.97. The Morgan fingerprint density at radius 1 is 0.919 bits per heavy atom. The van der Waals surface area contributed by atoms with Crippen molar-refractivity contribution in [2.45, 2.75) is 6.10 Å². The smallest absolute Gasteiger partial charge is 0.260 e. The summed E-state index contributed by atoms with van der Waals surface area (Å²) in [5, 5.41) is 5.15. The van der Waals surface area contributed by atoms with Crippen LogP contribution in [0.4, 0.5) is 18.3 Å². The molecule has 1 unspecified atom stereocenters. The predicted molar refractivity (Wildman–Crippen MR) is 142 cm³/mol. The number of amides is 1. The van der Waals surface area contributed by atoms with Crippen molar-refractivity contribution in [2.75, 3.05) is 5.32 Å². The third-order valence-electron chi connectivity index (χ3n) is 5.46. The van der Waals surface area contributed by atoms with Gasteiger partial charge in [-0.15, -0.1) is 0 Å². The van der Waals surface area contributed by atoms with Crippen molar-refractivity contribution in [1.29, 1.82) is 0 Å². The van der Waals surface area contributed by atoms with Crippen LogP contribution < -0.4 is 10.1 Å². The number of thiazole rings is 1. The summed E-state index contributed by atoms with van der Waals surface area (Å²) in [5.74, 6) is -4.24. The topological polar surface area (TPSA) is 51.2 Å². The Morgan fingerprint density at radius 2 is 1.62 bits per heavy atom. The van der Waals surface area contributed by atoms with Gasteiger partial charge in [-0.25, -0.2) is 18.2 Å². The van der Waals surface area contributed by atoms with Crippen molar-refractivity contribution >= 4 is 60.7 Å². The van der Waals surface area contributed by atoms with E-state index in [-0.39, 0.29) is 5.13 Å². The molecule has 5 rings (SSSR count). The van der Waals surface area contributed by atoms with Gasteiger partial charge >= 0.3 is 0 Å². The molecular weight excluding hydrogens is 589 g/mol. The van der Waals surface area contributed by atoms with Crippen LogP contribution >= 0.6 is 38.9 Å². The number of carbonyl (C=O) groups is 1. The second-order valence-corrected chi connectivity index (χ2v) is 10.4. The molecule has 0 aliphatic heterocycles. The molecule has 0 bridgehead atoms. The molecule has 1 atom stereocenters. The lowest BCUT2D eigenvalue weighted by Crippen LogP contribution is -2.14. The summed E-state index contributed by atoms with van der Waals surface area (Å²) in [6.07, 6.45) is 0.924. The van der Waals surface area contributed by atoms with Crippen LogP contribution in [-0.4, -0.2) is 10.9 Å². The molecule has 1 amide bonds. The van der Waals surface area contributed by atoms with Gasteiger partial charge in [0.1, 0.15) is 11.6 Å². The lowest BCUT2D eigenvalue weighted by atomic mass is 10.1. The Bertz CT molecular complexity index is 1630. The fourth-order valence-electron chi connectivity index (χ4n) is 3.66. The molecule has 0 aliphatic carbocycles. The first kappa shape index (κ1) is 25.3. The van der Waals surface area contributed by atoms with E-state index >= 15 is 0 Å². The first-order valence-corrected chi connectivity index (χ1v) is 12.8. The van der Waals surface area contributed by atoms with E-state index in [9.17, 15) is 18.0 Å². The van der Waals surface area contributed by atoms with Crippen LogP contribution in [0.25, 0.3) is 10.8 Å². The molecule has 0 aliphatic rings. The van der Waals surface area contributed by atoms with Crippen molar-refractivity contribution in [1.82, 2.24) is 4.98 Å². The number of hydrogen-bond acceptors (Lipinski definition) is 4. The standard InChI is InChI=1S/C27H15BrClF3N2O2S/c28-17-5-1-16-10-19(8-4-15(16)9-17)36-25(14-2-6-18(29)7-3-14)24-13-33-27(37-24)34-26(35)20-11-22(31)23(32)12-21(20)30/h1-13,25H,(H,33,34,35). The molecule has 186 valence electrons. The van der Waals surface area contributed by atoms with Gasteiger partial charge in [0, 0.05) is 21.8 Å². The zero-order valence-electron chi connectivity index (χ0n) is 18.6. The average Bonchev–Trinajstić information content (AvgIpc) is 3.33. The van der Waals surface area contributed by atoms with Gasteiger partial charge in [0.2, 0.25) is 0 Å². The Labute approximate surface area is 226 Å². The number of carbonyl (C=O) groups excluding carboxylic acids is 1. The maximum atomic E-state index is 14.0. The fourth-order valence-corrected chi connectivity index (χ4v) is 5.03. The number of benzene rings is 4. The molecule has 0 fully saturated rings. The van der Waals surface area contributed by atoms with Crippen LogP contribution in [0.15, 0.2) is 83.5 Å². The summed E-state index contributed by atoms with van der Waals surface area (Å²) < 4.78 is 48.1. The zero-order valence-corrected chi connectivity index (χ0v) is 21.8. The van der Waals surface area contributed by atoms with Crippen LogP contribution in [0.2, 0.25) is 5.02 Å². The SMILES string of the molecule is O=C(Nc1ncc(C(Oc2ccc3cc(Br)ccc3c2)c2ccc(Cl)cc2)s1)c1cc(F)c(F)cc1F. The highest BCUT2D eigenvalue weighted by Crippen LogP contribution is 2.35. The maximum absolute atomic E-state index is 14.0. The maximum Gasteiger partial charge on any atom is 0.260 e. The highest BCUT2D eigenvalue weighted by atomic mass is 79.9. The molecule has 1 heterocycles. The zero-order chi connectivity index (χ0) is 26.1. The minimum atomic E-state index is -1.38. The average molecular weight is 604 g/mol. The lowest BCUT2D eigenvalue weighted by molar-refractivity contribution is 0.102. The molecule has 4 aromatic carbocycles. The first-order valence-electron chi connectivity index (χ1n) is 10.8. The van der Waals surface area contributed by atoms with Gasteiger partial charge < -0.3 is 4.74 Å². The van der Waals surface area contributed by atoms with Crippen LogP contribution in [0.1, 0.15) is 26.9 Å². The Morgan fingerprint density at radius 3 is 2.41 bits per heavy atom. The number of rotatable bonds is 6. The van der Waals surface area contributed by atoms with Crippen LogP contribution in [0.5, 0.6) is 5.75 Å². The lowest BCUT2D eigenvalue weighted by Gasteiger charge is -2.19. The Kier molecular flexibility index (Phi) is 7.19. The molecule has 10 heteroatoms. The normalized spacial score (nSPS) is 11.9. The monoisotopic (exact) mass is 602 g/mol. The minimum Gasteiger partial charge on any atom is -0.480 e. The van der Waals surface area contributed by atoms with E-state index in [0.717, 1.165) is 32.1 Å². The van der Waals surface area contributed by atoms with E-state index in [1.54, 1.807) is 12.1 Å². The number of aromatic nitrogens is 1. The van der Waals surface area contributed by atoms with Gasteiger partial charge in [-0.2, -0.15) is 0 Å². The van der Waals surface area contributed by atoms with E-state index in [0.29, 0.717) is 27.8 Å². The van der Waals surface area contributed by atoms with Gasteiger partial charge in [0.05, 0.1) is 10.4 Å². The summed E-state index contributed by atoms with van der Waals surface area (Å²) >= 11 is 10.6. The van der Waals surface area contributed by atoms with E-state index in [2.05, 4.69) is 26.2 Å². The van der Waals surface area contributed by atoms with Gasteiger partial charge in [0.15, 0.2) is 22.9 Å². The molecule has 0 saturated heterocycles. The number of halogens is 5. The molecule has 5 aromatic rings. The van der Waals surface area contributed by atoms with Crippen molar-refractivity contribution in [3.63, 3.8) is 0 Å². The molecule has 37 heavy (non-hydrogen) atoms. The van der Waals surface area contributed by atoms with Crippen molar-refractivity contribution in [2.24, 2.45) is 0 Å². The second kappa shape index (κ2) is 10.5. The molecule has 0 spiro atoms. The number of ether oxygens (including phenoxy) is 1. The van der Waals surface area contributed by atoms with E-state index in [4.69, 9.17) is 16.3 Å². The van der Waals surface area contributed by atoms with Gasteiger partial charge in [-0.05, 0) is 58.8 Å². The summed E-state index contributed by atoms with van der Waals surface area (Å²) in [6, 6.07) is 19.6. The summed E-state index contributed by atoms with van der Waals surface area (Å²) in [6.45, 7) is 0. The number of hydrogen-bond donors (Lipinski definition) is 1. The Balaban J connectivity index is 1.44. The predicted octanol–water partition coefficient (Wildman–Crippen LogP) is 8.55. The highest BCUT2D eigenvalue weighted by molar-refractivity contribution is 9.10. The third kappa shape index (κ3) is 5.64. The summed E-state index contributed by atoms with van der Waals surface area (Å²) in [4.78, 5) is 17.3.